The molecule has 0 saturated heterocycles. The van der Waals surface area contributed by atoms with Crippen molar-refractivity contribution >= 4 is 11.6 Å². The predicted molar refractivity (Wildman–Crippen MR) is 124 cm³/mol. The molecule has 0 atom stereocenters. The van der Waals surface area contributed by atoms with E-state index in [1.54, 1.807) is 6.07 Å². The van der Waals surface area contributed by atoms with Gasteiger partial charge in [-0.1, -0.05) is 103 Å². The first-order chi connectivity index (χ1) is 14.6. The zero-order valence-electron chi connectivity index (χ0n) is 18.9. The Labute approximate surface area is 183 Å². The first-order valence-corrected chi connectivity index (χ1v) is 12.1. The van der Waals surface area contributed by atoms with Crippen molar-refractivity contribution in [3.05, 3.63) is 39.9 Å². The van der Waals surface area contributed by atoms with Crippen LogP contribution < -0.4 is 5.32 Å². The fourth-order valence-corrected chi connectivity index (χ4v) is 3.68. The number of benzene rings is 1. The first kappa shape index (κ1) is 26.1. The molecule has 1 aromatic carbocycles. The molecule has 5 heteroatoms. The number of carbonyl (C=O) groups excluding carboxylic acids is 1. The van der Waals surface area contributed by atoms with Crippen LogP contribution >= 0.6 is 0 Å². The molecule has 0 heterocycles. The fraction of sp³-hybridized carbons (Fsp3) is 0.720. The van der Waals surface area contributed by atoms with Gasteiger partial charge in [0, 0.05) is 18.2 Å². The van der Waals surface area contributed by atoms with Crippen LogP contribution in [0.25, 0.3) is 0 Å². The molecule has 5 nitrogen and oxygen atoms in total. The summed E-state index contributed by atoms with van der Waals surface area (Å²) >= 11 is 0. The molecule has 30 heavy (non-hydrogen) atoms. The van der Waals surface area contributed by atoms with Crippen LogP contribution in [-0.2, 0) is 0 Å². The number of hydrogen-bond acceptors (Lipinski definition) is 3. The third kappa shape index (κ3) is 13.3. The van der Waals surface area contributed by atoms with E-state index in [-0.39, 0.29) is 11.6 Å². The summed E-state index contributed by atoms with van der Waals surface area (Å²) in [6, 6.07) is 6.75. The second-order valence-electron chi connectivity index (χ2n) is 8.28. The average Bonchev–Trinajstić information content (AvgIpc) is 2.75. The van der Waals surface area contributed by atoms with Crippen molar-refractivity contribution in [3.8, 4) is 0 Å². The Morgan fingerprint density at radius 2 is 1.33 bits per heavy atom. The predicted octanol–water partition coefficient (Wildman–Crippen LogP) is 7.39. The van der Waals surface area contributed by atoms with Crippen LogP contribution in [0, 0.1) is 16.2 Å². The molecule has 1 N–H and O–H groups in total. The highest BCUT2D eigenvalue weighted by molar-refractivity contribution is 5.94. The van der Waals surface area contributed by atoms with Gasteiger partial charge in [0.2, 0.25) is 0 Å². The summed E-state index contributed by atoms with van der Waals surface area (Å²) in [6.45, 7) is 2.88. The van der Waals surface area contributed by atoms with Gasteiger partial charge in [-0.3, -0.25) is 14.9 Å². The van der Waals surface area contributed by atoms with E-state index in [1.165, 1.54) is 102 Å². The number of amides is 1. The molecular formula is C25H41N2O3. The Kier molecular flexibility index (Phi) is 15.6. The number of nitrogens with zero attached hydrogens (tertiary/aromatic N) is 1. The number of non-ortho nitro benzene ring substituents is 1. The van der Waals surface area contributed by atoms with Crippen LogP contribution in [0.4, 0.5) is 5.69 Å². The van der Waals surface area contributed by atoms with E-state index in [2.05, 4.69) is 18.3 Å². The third-order valence-corrected chi connectivity index (χ3v) is 5.56. The molecule has 1 amide bonds. The summed E-state index contributed by atoms with van der Waals surface area (Å²) in [5.41, 5.74) is 0.141. The Morgan fingerprint density at radius 3 is 1.80 bits per heavy atom. The Balaban J connectivity index is 1.87. The topological polar surface area (TPSA) is 72.2 Å². The van der Waals surface area contributed by atoms with Gasteiger partial charge >= 0.3 is 0 Å². The molecule has 0 spiro atoms. The average molecular weight is 418 g/mol. The van der Waals surface area contributed by atoms with E-state index in [1.807, 2.05) is 0 Å². The minimum absolute atomic E-state index is 0.176. The normalized spacial score (nSPS) is 10.8. The molecule has 0 bridgehead atoms. The second-order valence-corrected chi connectivity index (χ2v) is 8.28. The molecule has 1 rings (SSSR count). The van der Waals surface area contributed by atoms with Crippen LogP contribution in [0.5, 0.6) is 0 Å². The summed E-state index contributed by atoms with van der Waals surface area (Å²) in [6.07, 6.45) is 21.2. The van der Waals surface area contributed by atoms with Gasteiger partial charge < -0.3 is 5.32 Å². The van der Waals surface area contributed by atoms with E-state index in [0.717, 1.165) is 12.8 Å². The van der Waals surface area contributed by atoms with Gasteiger partial charge in [-0.15, -0.1) is 0 Å². The summed E-state index contributed by atoms with van der Waals surface area (Å²) < 4.78 is 0. The van der Waals surface area contributed by atoms with Gasteiger partial charge in [0.25, 0.3) is 11.6 Å². The molecule has 1 radical (unpaired) electrons. The maximum absolute atomic E-state index is 12.0. The maximum Gasteiger partial charge on any atom is 0.278 e. The fourth-order valence-electron chi connectivity index (χ4n) is 3.68. The van der Waals surface area contributed by atoms with Crippen molar-refractivity contribution in [1.82, 2.24) is 5.32 Å². The molecule has 0 saturated carbocycles. The monoisotopic (exact) mass is 417 g/mol. The number of nitrogens with one attached hydrogen (secondary N) is 1. The molecule has 0 fully saturated rings. The zero-order chi connectivity index (χ0) is 21.9. The number of rotatable bonds is 19. The zero-order valence-corrected chi connectivity index (χ0v) is 18.9. The molecule has 169 valence electrons. The smallest absolute Gasteiger partial charge is 0.278 e. The van der Waals surface area contributed by atoms with Crippen LogP contribution in [0.15, 0.2) is 18.2 Å². The summed E-state index contributed by atoms with van der Waals surface area (Å²) in [5.74, 6) is -0.256. The summed E-state index contributed by atoms with van der Waals surface area (Å²) in [4.78, 5) is 22.2. The van der Waals surface area contributed by atoms with Crippen LogP contribution in [-0.4, -0.2) is 17.4 Å². The highest BCUT2D eigenvalue weighted by atomic mass is 16.6. The van der Waals surface area contributed by atoms with Gasteiger partial charge in [-0.05, 0) is 18.6 Å². The van der Waals surface area contributed by atoms with Gasteiger partial charge in [0.1, 0.15) is 0 Å². The Bertz CT molecular complexity index is 590. The lowest BCUT2D eigenvalue weighted by atomic mass is 10.0. The SMILES string of the molecule is CCCCCCCCCCCCCCCCCCNC(=O)c1cc[c]c([N+](=O)[O-])c1. The molecule has 0 aliphatic carbocycles. The van der Waals surface area contributed by atoms with E-state index in [9.17, 15) is 14.9 Å². The van der Waals surface area contributed by atoms with Crippen molar-refractivity contribution in [3.63, 3.8) is 0 Å². The van der Waals surface area contributed by atoms with Crippen molar-refractivity contribution in [2.45, 2.75) is 110 Å². The van der Waals surface area contributed by atoms with E-state index >= 15 is 0 Å². The lowest BCUT2D eigenvalue weighted by Gasteiger charge is -2.06. The number of carbonyl (C=O) groups is 1. The van der Waals surface area contributed by atoms with Crippen LogP contribution in [0.2, 0.25) is 0 Å². The largest absolute Gasteiger partial charge is 0.352 e. The first-order valence-electron chi connectivity index (χ1n) is 12.1. The highest BCUT2D eigenvalue weighted by Gasteiger charge is 2.11. The molecule has 1 aromatic rings. The summed E-state index contributed by atoms with van der Waals surface area (Å²) in [7, 11) is 0. The lowest BCUT2D eigenvalue weighted by molar-refractivity contribution is -0.385. The van der Waals surface area contributed by atoms with Gasteiger partial charge in [-0.25, -0.2) is 0 Å². The molecule has 0 aliphatic rings. The molecule has 0 aliphatic heterocycles. The van der Waals surface area contributed by atoms with E-state index in [4.69, 9.17) is 0 Å². The van der Waals surface area contributed by atoms with Gasteiger partial charge in [0.05, 0.1) is 11.0 Å². The number of hydrogen-bond donors (Lipinski definition) is 1. The quantitative estimate of drug-likeness (QED) is 0.145. The minimum atomic E-state index is -0.535. The van der Waals surface area contributed by atoms with Crippen LogP contribution in [0.1, 0.15) is 120 Å². The molecule has 0 aromatic heterocycles. The molecular weight excluding hydrogens is 376 g/mol. The van der Waals surface area contributed by atoms with Crippen LogP contribution in [0.3, 0.4) is 0 Å². The number of unbranched alkanes of at least 4 members (excludes halogenated alkanes) is 15. The maximum atomic E-state index is 12.0. The number of nitro benzene ring substituents is 1. The summed E-state index contributed by atoms with van der Waals surface area (Å²) in [5, 5.41) is 13.6. The van der Waals surface area contributed by atoms with E-state index in [0.29, 0.717) is 12.1 Å². The molecule has 0 unspecified atom stereocenters. The van der Waals surface area contributed by atoms with Crippen molar-refractivity contribution < 1.29 is 9.72 Å². The minimum Gasteiger partial charge on any atom is -0.352 e. The third-order valence-electron chi connectivity index (χ3n) is 5.56. The Hall–Kier alpha value is -1.91. The van der Waals surface area contributed by atoms with Crippen molar-refractivity contribution in [2.75, 3.05) is 6.54 Å². The lowest BCUT2D eigenvalue weighted by Crippen LogP contribution is -2.24. The van der Waals surface area contributed by atoms with E-state index < -0.39 is 4.92 Å². The second kappa shape index (κ2) is 17.9. The Morgan fingerprint density at radius 1 is 0.867 bits per heavy atom. The van der Waals surface area contributed by atoms with Gasteiger partial charge in [0.15, 0.2) is 0 Å². The number of nitro groups is 1. The van der Waals surface area contributed by atoms with Gasteiger partial charge in [-0.2, -0.15) is 0 Å². The van der Waals surface area contributed by atoms with Crippen molar-refractivity contribution in [1.29, 1.82) is 0 Å². The highest BCUT2D eigenvalue weighted by Crippen LogP contribution is 2.14. The standard InChI is InChI=1S/C25H41N2O3/c1-2-3-4-5-6-7-8-9-10-11-12-13-14-15-16-17-21-26-25(28)23-19-18-20-24(22-23)27(29)30/h18-19,22H,2-17,21H2,1H3,(H,26,28). The van der Waals surface area contributed by atoms with Crippen molar-refractivity contribution in [2.24, 2.45) is 0 Å².